The lowest BCUT2D eigenvalue weighted by molar-refractivity contribution is 0.0531. The quantitative estimate of drug-likeness (QED) is 0.635. The van der Waals surface area contributed by atoms with Crippen molar-refractivity contribution in [1.82, 2.24) is 19.7 Å². The number of piperidine rings is 1. The molecule has 1 aromatic carbocycles. The van der Waals surface area contributed by atoms with Crippen molar-refractivity contribution in [3.05, 3.63) is 53.4 Å². The van der Waals surface area contributed by atoms with Crippen LogP contribution in [0, 0.1) is 11.7 Å². The average Bonchev–Trinajstić information content (AvgIpc) is 3.37. The topological polar surface area (TPSA) is 51.0 Å². The molecule has 0 spiro atoms. The molecule has 5 nitrogen and oxygen atoms in total. The molecule has 3 aromatic rings. The largest absolute Gasteiger partial charge is 0.333 e. The van der Waals surface area contributed by atoms with Crippen molar-refractivity contribution in [1.29, 1.82) is 0 Å². The fraction of sp³-hybridized carbons (Fsp3) is 0.381. The third-order valence-electron chi connectivity index (χ3n) is 5.19. The zero-order valence-electron chi connectivity index (χ0n) is 16.0. The Morgan fingerprint density at radius 3 is 2.68 bits per heavy atom. The van der Waals surface area contributed by atoms with Gasteiger partial charge in [0.05, 0.1) is 10.6 Å². The Morgan fingerprint density at radius 1 is 1.21 bits per heavy atom. The van der Waals surface area contributed by atoms with Crippen molar-refractivity contribution in [3.8, 4) is 16.4 Å². The van der Waals surface area contributed by atoms with E-state index in [4.69, 9.17) is 0 Å². The summed E-state index contributed by atoms with van der Waals surface area (Å²) in [5.74, 6) is 0.742. The van der Waals surface area contributed by atoms with Crippen molar-refractivity contribution in [2.75, 3.05) is 6.54 Å². The summed E-state index contributed by atoms with van der Waals surface area (Å²) in [5, 5.41) is 6.49. The smallest absolute Gasteiger partial charge is 0.293 e. The summed E-state index contributed by atoms with van der Waals surface area (Å²) in [4.78, 5) is 20.7. The SMILES string of the molecule is CC(C)C1CCCCN1C(=O)c1nc(-c2cccs2)n(-c2ccc(F)cc2)n1. The first-order chi connectivity index (χ1) is 13.5. The number of nitrogens with zero attached hydrogens (tertiary/aromatic N) is 4. The molecule has 28 heavy (non-hydrogen) atoms. The van der Waals surface area contributed by atoms with Crippen molar-refractivity contribution in [2.24, 2.45) is 5.92 Å². The van der Waals surface area contributed by atoms with E-state index in [-0.39, 0.29) is 23.6 Å². The summed E-state index contributed by atoms with van der Waals surface area (Å²) < 4.78 is 15.0. The van der Waals surface area contributed by atoms with Crippen LogP contribution in [0.15, 0.2) is 41.8 Å². The maximum Gasteiger partial charge on any atom is 0.293 e. The number of rotatable bonds is 4. The predicted molar refractivity (Wildman–Crippen MR) is 108 cm³/mol. The number of likely N-dealkylation sites (tertiary alicyclic amines) is 1. The lowest BCUT2D eigenvalue weighted by atomic mass is 9.92. The summed E-state index contributed by atoms with van der Waals surface area (Å²) in [6.07, 6.45) is 3.16. The van der Waals surface area contributed by atoms with Crippen LogP contribution in [0.2, 0.25) is 0 Å². The molecule has 0 radical (unpaired) electrons. The van der Waals surface area contributed by atoms with E-state index in [9.17, 15) is 9.18 Å². The lowest BCUT2D eigenvalue weighted by Crippen LogP contribution is -2.46. The molecule has 1 saturated heterocycles. The minimum absolute atomic E-state index is 0.128. The molecule has 2 aromatic heterocycles. The lowest BCUT2D eigenvalue weighted by Gasteiger charge is -2.37. The molecule has 3 heterocycles. The molecule has 0 N–H and O–H groups in total. The number of hydrogen-bond acceptors (Lipinski definition) is 4. The van der Waals surface area contributed by atoms with Gasteiger partial charge in [-0.05, 0) is 60.9 Å². The molecule has 1 unspecified atom stereocenters. The van der Waals surface area contributed by atoms with Crippen LogP contribution in [0.25, 0.3) is 16.4 Å². The van der Waals surface area contributed by atoms with E-state index >= 15 is 0 Å². The summed E-state index contributed by atoms with van der Waals surface area (Å²) in [6, 6.07) is 10.2. The standard InChI is InChI=1S/C21H23FN4OS/c1-14(2)17-6-3-4-12-25(17)21(27)19-23-20(18-7-5-13-28-18)26(24-19)16-10-8-15(22)9-11-16/h5,7-11,13-14,17H,3-4,6,12H2,1-2H3. The molecule has 1 atom stereocenters. The Balaban J connectivity index is 1.75. The fourth-order valence-electron chi connectivity index (χ4n) is 3.76. The first kappa shape index (κ1) is 18.8. The molecule has 1 aliphatic heterocycles. The van der Waals surface area contributed by atoms with Crippen molar-refractivity contribution >= 4 is 17.2 Å². The summed E-state index contributed by atoms with van der Waals surface area (Å²) in [5.41, 5.74) is 0.676. The first-order valence-electron chi connectivity index (χ1n) is 9.62. The zero-order valence-corrected chi connectivity index (χ0v) is 16.8. The molecule has 1 fully saturated rings. The van der Waals surface area contributed by atoms with E-state index in [1.54, 1.807) is 16.8 Å². The monoisotopic (exact) mass is 398 g/mol. The van der Waals surface area contributed by atoms with Crippen molar-refractivity contribution in [2.45, 2.75) is 39.2 Å². The van der Waals surface area contributed by atoms with Gasteiger partial charge in [0, 0.05) is 12.6 Å². The second-order valence-electron chi connectivity index (χ2n) is 7.43. The van der Waals surface area contributed by atoms with Gasteiger partial charge in [-0.2, -0.15) is 0 Å². The maximum absolute atomic E-state index is 13.4. The van der Waals surface area contributed by atoms with Crippen LogP contribution in [-0.2, 0) is 0 Å². The maximum atomic E-state index is 13.4. The van der Waals surface area contributed by atoms with Crippen molar-refractivity contribution in [3.63, 3.8) is 0 Å². The Labute approximate surface area is 167 Å². The fourth-order valence-corrected chi connectivity index (χ4v) is 4.46. The van der Waals surface area contributed by atoms with Crippen molar-refractivity contribution < 1.29 is 9.18 Å². The number of carbonyl (C=O) groups excluding carboxylic acids is 1. The summed E-state index contributed by atoms with van der Waals surface area (Å²) in [6.45, 7) is 5.04. The van der Waals surface area contributed by atoms with Gasteiger partial charge in [0.1, 0.15) is 5.82 Å². The molecule has 0 saturated carbocycles. The van der Waals surface area contributed by atoms with Gasteiger partial charge in [-0.25, -0.2) is 14.1 Å². The van der Waals surface area contributed by atoms with Gasteiger partial charge in [-0.3, -0.25) is 4.79 Å². The molecular formula is C21H23FN4OS. The predicted octanol–water partition coefficient (Wildman–Crippen LogP) is 4.79. The number of benzene rings is 1. The highest BCUT2D eigenvalue weighted by molar-refractivity contribution is 7.13. The van der Waals surface area contributed by atoms with Gasteiger partial charge in [-0.1, -0.05) is 19.9 Å². The Kier molecular flexibility index (Phi) is 5.26. The van der Waals surface area contributed by atoms with Gasteiger partial charge in [0.15, 0.2) is 5.82 Å². The summed E-state index contributed by atoms with van der Waals surface area (Å²) >= 11 is 1.53. The molecule has 146 valence electrons. The Morgan fingerprint density at radius 2 is 2.00 bits per heavy atom. The van der Waals surface area contributed by atoms with Crippen LogP contribution in [-0.4, -0.2) is 38.2 Å². The minimum atomic E-state index is -0.314. The number of halogens is 1. The van der Waals surface area contributed by atoms with Crippen LogP contribution in [0.1, 0.15) is 43.7 Å². The normalized spacial score (nSPS) is 17.3. The van der Waals surface area contributed by atoms with E-state index in [1.165, 1.54) is 23.5 Å². The van der Waals surface area contributed by atoms with Crippen LogP contribution in [0.4, 0.5) is 4.39 Å². The minimum Gasteiger partial charge on any atom is -0.333 e. The molecular weight excluding hydrogens is 375 g/mol. The number of aromatic nitrogens is 3. The molecule has 7 heteroatoms. The highest BCUT2D eigenvalue weighted by Gasteiger charge is 2.32. The van der Waals surface area contributed by atoms with E-state index < -0.39 is 0 Å². The van der Waals surface area contributed by atoms with Gasteiger partial charge in [0.2, 0.25) is 5.82 Å². The Bertz CT molecular complexity index is 949. The zero-order chi connectivity index (χ0) is 19.7. The van der Waals surface area contributed by atoms with Crippen LogP contribution in [0.5, 0.6) is 0 Å². The third kappa shape index (κ3) is 3.58. The molecule has 1 amide bonds. The van der Waals surface area contributed by atoms with E-state index in [2.05, 4.69) is 23.9 Å². The number of carbonyl (C=O) groups is 1. The summed E-state index contributed by atoms with van der Waals surface area (Å²) in [7, 11) is 0. The third-order valence-corrected chi connectivity index (χ3v) is 6.06. The van der Waals surface area contributed by atoms with E-state index in [0.29, 0.717) is 17.4 Å². The first-order valence-corrected chi connectivity index (χ1v) is 10.5. The van der Waals surface area contributed by atoms with Crippen LogP contribution >= 0.6 is 11.3 Å². The average molecular weight is 399 g/mol. The van der Waals surface area contributed by atoms with Crippen LogP contribution in [0.3, 0.4) is 0 Å². The van der Waals surface area contributed by atoms with Gasteiger partial charge < -0.3 is 4.90 Å². The van der Waals surface area contributed by atoms with Gasteiger partial charge in [-0.15, -0.1) is 16.4 Å². The molecule has 4 rings (SSSR count). The van der Waals surface area contributed by atoms with Crippen LogP contribution < -0.4 is 0 Å². The van der Waals surface area contributed by atoms with E-state index in [0.717, 1.165) is 30.7 Å². The van der Waals surface area contributed by atoms with Gasteiger partial charge >= 0.3 is 0 Å². The molecule has 0 aliphatic carbocycles. The second-order valence-corrected chi connectivity index (χ2v) is 8.38. The number of thiophene rings is 1. The Hall–Kier alpha value is -2.54. The van der Waals surface area contributed by atoms with E-state index in [1.807, 2.05) is 22.4 Å². The number of amides is 1. The molecule has 1 aliphatic rings. The molecule has 0 bridgehead atoms. The number of hydrogen-bond donors (Lipinski definition) is 0. The van der Waals surface area contributed by atoms with Gasteiger partial charge in [0.25, 0.3) is 5.91 Å². The second kappa shape index (κ2) is 7.83. The highest BCUT2D eigenvalue weighted by Crippen LogP contribution is 2.28. The highest BCUT2D eigenvalue weighted by atomic mass is 32.1.